The molecule has 6 heteroatoms. The van der Waals surface area contributed by atoms with E-state index in [0.29, 0.717) is 0 Å². The number of pyridine rings is 1. The van der Waals surface area contributed by atoms with Crippen molar-refractivity contribution in [3.63, 3.8) is 0 Å². The van der Waals surface area contributed by atoms with Gasteiger partial charge in [0.15, 0.2) is 0 Å². The molecule has 0 saturated heterocycles. The number of hydrogen-bond donors (Lipinski definition) is 1. The highest BCUT2D eigenvalue weighted by Gasteiger charge is 2.22. The van der Waals surface area contributed by atoms with Crippen LogP contribution >= 0.6 is 11.3 Å². The molecule has 0 aliphatic heterocycles. The van der Waals surface area contributed by atoms with Crippen LogP contribution in [-0.2, 0) is 11.0 Å². The van der Waals surface area contributed by atoms with Crippen LogP contribution in [0.2, 0.25) is 0 Å². The number of hydrogen-bond acceptors (Lipinski definition) is 4. The predicted molar refractivity (Wildman–Crippen MR) is 84.8 cm³/mol. The molecule has 0 aliphatic rings. The van der Waals surface area contributed by atoms with Gasteiger partial charge in [-0.15, -0.1) is 11.3 Å². The zero-order valence-corrected chi connectivity index (χ0v) is 13.7. The molecule has 0 aliphatic carbocycles. The molecule has 4 nitrogen and oxygen atoms in total. The van der Waals surface area contributed by atoms with Gasteiger partial charge < -0.3 is 0 Å². The van der Waals surface area contributed by atoms with E-state index in [9.17, 15) is 4.21 Å². The highest BCUT2D eigenvalue weighted by atomic mass is 32.2. The molecule has 2 atom stereocenters. The van der Waals surface area contributed by atoms with E-state index in [-0.39, 0.29) is 10.8 Å². The first-order valence-electron chi connectivity index (χ1n) is 6.42. The van der Waals surface area contributed by atoms with Gasteiger partial charge in [0.05, 0.1) is 21.8 Å². The number of rotatable bonds is 4. The third-order valence-electron chi connectivity index (χ3n) is 2.72. The molecule has 0 aromatic carbocycles. The van der Waals surface area contributed by atoms with Crippen LogP contribution in [0.5, 0.6) is 0 Å². The van der Waals surface area contributed by atoms with E-state index in [2.05, 4.69) is 14.7 Å². The zero-order chi connectivity index (χ0) is 14.8. The largest absolute Gasteiger partial charge is 0.265 e. The molecule has 1 N–H and O–H groups in total. The van der Waals surface area contributed by atoms with Gasteiger partial charge in [-0.2, -0.15) is 0 Å². The van der Waals surface area contributed by atoms with Gasteiger partial charge in [0, 0.05) is 29.0 Å². The topological polar surface area (TPSA) is 54.9 Å². The second-order valence-electron chi connectivity index (χ2n) is 5.52. The van der Waals surface area contributed by atoms with Crippen molar-refractivity contribution in [1.82, 2.24) is 14.7 Å². The third-order valence-corrected chi connectivity index (χ3v) is 5.63. The van der Waals surface area contributed by atoms with Crippen molar-refractivity contribution in [2.24, 2.45) is 0 Å². The van der Waals surface area contributed by atoms with Crippen LogP contribution in [0.1, 0.15) is 38.6 Å². The van der Waals surface area contributed by atoms with Gasteiger partial charge in [-0.3, -0.25) is 4.98 Å². The second kappa shape index (κ2) is 6.11. The second-order valence-corrected chi connectivity index (χ2v) is 8.58. The number of aromatic nitrogens is 2. The van der Waals surface area contributed by atoms with Crippen molar-refractivity contribution in [2.45, 2.75) is 38.5 Å². The Hall–Kier alpha value is -1.11. The van der Waals surface area contributed by atoms with Crippen molar-refractivity contribution in [3.8, 4) is 10.6 Å². The van der Waals surface area contributed by atoms with Gasteiger partial charge in [-0.05, 0) is 39.8 Å². The lowest BCUT2D eigenvalue weighted by atomic mass is 10.3. The van der Waals surface area contributed by atoms with Gasteiger partial charge in [0.1, 0.15) is 5.01 Å². The average Bonchev–Trinajstić information content (AvgIpc) is 2.88. The quantitative estimate of drug-likeness (QED) is 0.942. The summed E-state index contributed by atoms with van der Waals surface area (Å²) < 4.78 is 15.0. The van der Waals surface area contributed by atoms with E-state index < -0.39 is 11.0 Å². The standard InChI is InChI=1S/C14H19N3OS2/c1-10(17-20(18)14(2,3)4)12-9-16-13(19-12)11-5-7-15-8-6-11/h5-10,17H,1-4H3/t10-,20-/m0/s1. The van der Waals surface area contributed by atoms with E-state index in [1.54, 1.807) is 23.7 Å². The Kier molecular flexibility index (Phi) is 4.67. The summed E-state index contributed by atoms with van der Waals surface area (Å²) in [4.78, 5) is 9.51. The fourth-order valence-corrected chi connectivity index (χ4v) is 3.31. The molecule has 108 valence electrons. The zero-order valence-electron chi connectivity index (χ0n) is 12.1. The first-order chi connectivity index (χ1) is 9.38. The van der Waals surface area contributed by atoms with Crippen molar-refractivity contribution < 1.29 is 4.21 Å². The van der Waals surface area contributed by atoms with Crippen LogP contribution < -0.4 is 4.72 Å². The van der Waals surface area contributed by atoms with Crippen molar-refractivity contribution >= 4 is 22.3 Å². The van der Waals surface area contributed by atoms with Crippen molar-refractivity contribution in [1.29, 1.82) is 0 Å². The molecule has 0 spiro atoms. The molecule has 0 unspecified atom stereocenters. The molecular formula is C14H19N3OS2. The Balaban J connectivity index is 2.11. The summed E-state index contributed by atoms with van der Waals surface area (Å²) in [5.74, 6) is 0. The fourth-order valence-electron chi connectivity index (χ4n) is 1.51. The minimum absolute atomic E-state index is 0.0168. The van der Waals surface area contributed by atoms with Crippen LogP contribution in [0.3, 0.4) is 0 Å². The fraction of sp³-hybridized carbons (Fsp3) is 0.429. The Labute approximate surface area is 126 Å². The summed E-state index contributed by atoms with van der Waals surface area (Å²) in [5, 5.41) is 0.956. The van der Waals surface area contributed by atoms with Gasteiger partial charge >= 0.3 is 0 Å². The van der Waals surface area contributed by atoms with Crippen LogP contribution in [0.25, 0.3) is 10.6 Å². The average molecular weight is 309 g/mol. The number of nitrogens with one attached hydrogen (secondary N) is 1. The molecule has 0 bridgehead atoms. The van der Waals surface area contributed by atoms with E-state index in [1.807, 2.05) is 46.0 Å². The Morgan fingerprint density at radius 3 is 2.55 bits per heavy atom. The molecule has 2 aromatic rings. The lowest BCUT2D eigenvalue weighted by Crippen LogP contribution is -2.34. The summed E-state index contributed by atoms with van der Waals surface area (Å²) in [6.07, 6.45) is 5.36. The normalized spacial score (nSPS) is 15.0. The molecule has 2 aromatic heterocycles. The third kappa shape index (κ3) is 3.71. The Bertz CT molecular complexity index is 590. The van der Waals surface area contributed by atoms with E-state index >= 15 is 0 Å². The minimum Gasteiger partial charge on any atom is -0.265 e. The first-order valence-corrected chi connectivity index (χ1v) is 8.39. The number of thiazole rings is 1. The summed E-state index contributed by atoms with van der Waals surface area (Å²) in [6, 6.07) is 3.89. The van der Waals surface area contributed by atoms with Gasteiger partial charge in [0.2, 0.25) is 0 Å². The molecular weight excluding hydrogens is 290 g/mol. The Morgan fingerprint density at radius 1 is 1.30 bits per heavy atom. The van der Waals surface area contributed by atoms with Crippen molar-refractivity contribution in [3.05, 3.63) is 35.6 Å². The molecule has 0 radical (unpaired) electrons. The van der Waals surface area contributed by atoms with Gasteiger partial charge in [0.25, 0.3) is 0 Å². The highest BCUT2D eigenvalue weighted by Crippen LogP contribution is 2.28. The molecule has 2 rings (SSSR count). The lowest BCUT2D eigenvalue weighted by molar-refractivity contribution is 0.618. The van der Waals surface area contributed by atoms with Gasteiger partial charge in [-0.1, -0.05) is 0 Å². The monoisotopic (exact) mass is 309 g/mol. The van der Waals surface area contributed by atoms with E-state index in [1.165, 1.54) is 0 Å². The van der Waals surface area contributed by atoms with Crippen molar-refractivity contribution in [2.75, 3.05) is 0 Å². The molecule has 20 heavy (non-hydrogen) atoms. The summed E-state index contributed by atoms with van der Waals surface area (Å²) in [5.41, 5.74) is 1.06. The Morgan fingerprint density at radius 2 is 1.95 bits per heavy atom. The smallest absolute Gasteiger partial charge is 0.123 e. The maximum atomic E-state index is 12.1. The highest BCUT2D eigenvalue weighted by molar-refractivity contribution is 7.84. The van der Waals surface area contributed by atoms with E-state index in [0.717, 1.165) is 15.4 Å². The summed E-state index contributed by atoms with van der Waals surface area (Å²) >= 11 is 1.61. The summed E-state index contributed by atoms with van der Waals surface area (Å²) in [7, 11) is -1.08. The minimum atomic E-state index is -1.08. The van der Waals surface area contributed by atoms with Gasteiger partial charge in [-0.25, -0.2) is 13.9 Å². The van der Waals surface area contributed by atoms with Crippen LogP contribution in [0.15, 0.2) is 30.7 Å². The maximum absolute atomic E-state index is 12.1. The molecule has 0 fully saturated rings. The maximum Gasteiger partial charge on any atom is 0.123 e. The number of nitrogens with zero attached hydrogens (tertiary/aromatic N) is 2. The predicted octanol–water partition coefficient (Wildman–Crippen LogP) is 3.32. The lowest BCUT2D eigenvalue weighted by Gasteiger charge is -2.21. The van der Waals surface area contributed by atoms with Crippen LogP contribution in [0.4, 0.5) is 0 Å². The van der Waals surface area contributed by atoms with E-state index in [4.69, 9.17) is 0 Å². The molecule has 2 heterocycles. The first kappa shape index (κ1) is 15.3. The summed E-state index contributed by atoms with van der Waals surface area (Å²) in [6.45, 7) is 7.88. The van der Waals surface area contributed by atoms with Crippen LogP contribution in [0, 0.1) is 0 Å². The van der Waals surface area contributed by atoms with Crippen LogP contribution in [-0.4, -0.2) is 18.9 Å². The SMILES string of the molecule is C[C@H](N[S@@](=O)C(C)(C)C)c1cnc(-c2ccncc2)s1. The molecule has 0 amide bonds. The molecule has 0 saturated carbocycles.